The third-order valence-corrected chi connectivity index (χ3v) is 3.10. The van der Waals surface area contributed by atoms with Crippen molar-refractivity contribution in [1.29, 1.82) is 0 Å². The highest BCUT2D eigenvalue weighted by Gasteiger charge is 2.13. The average molecular weight is 347 g/mol. The lowest BCUT2D eigenvalue weighted by atomic mass is 10.1. The summed E-state index contributed by atoms with van der Waals surface area (Å²) in [7, 11) is 1.39. The van der Waals surface area contributed by atoms with Gasteiger partial charge in [-0.1, -0.05) is 11.2 Å². The zero-order valence-corrected chi connectivity index (χ0v) is 12.9. The summed E-state index contributed by atoms with van der Waals surface area (Å²) in [6.45, 7) is 0.462. The van der Waals surface area contributed by atoms with Gasteiger partial charge in [0.2, 0.25) is 0 Å². The summed E-state index contributed by atoms with van der Waals surface area (Å²) in [5, 5.41) is 15.8. The first kappa shape index (κ1) is 15.8. The number of carbonyl (C=O) groups excluding carboxylic acids is 1. The Kier molecular flexibility index (Phi) is 6.72. The number of oxime groups is 1. The maximum atomic E-state index is 11.8. The van der Waals surface area contributed by atoms with Crippen LogP contribution < -0.4 is 5.32 Å². The average Bonchev–Trinajstić information content (AvgIpc) is 2.39. The Hall–Kier alpha value is -1.21. The van der Waals surface area contributed by atoms with Gasteiger partial charge in [0.05, 0.1) is 4.47 Å². The maximum absolute atomic E-state index is 11.8. The SMILES string of the molecule is CO/N=C(\Cc1ccc(O)c(Br)c1)C(=O)NCCS. The molecule has 1 aromatic carbocycles. The van der Waals surface area contributed by atoms with Crippen molar-refractivity contribution in [3.63, 3.8) is 0 Å². The molecule has 0 fully saturated rings. The molecule has 0 spiro atoms. The minimum Gasteiger partial charge on any atom is -0.507 e. The fourth-order valence-corrected chi connectivity index (χ4v) is 1.93. The molecule has 0 atom stereocenters. The Morgan fingerprint density at radius 3 is 2.89 bits per heavy atom. The Bertz CT molecular complexity index is 480. The van der Waals surface area contributed by atoms with Crippen LogP contribution in [0.1, 0.15) is 5.56 Å². The molecule has 1 amide bonds. The van der Waals surface area contributed by atoms with Gasteiger partial charge in [0, 0.05) is 18.7 Å². The molecule has 19 heavy (non-hydrogen) atoms. The van der Waals surface area contributed by atoms with Gasteiger partial charge in [0.25, 0.3) is 5.91 Å². The number of thiol groups is 1. The highest BCUT2D eigenvalue weighted by Crippen LogP contribution is 2.24. The van der Waals surface area contributed by atoms with Crippen molar-refractivity contribution < 1.29 is 14.7 Å². The van der Waals surface area contributed by atoms with Gasteiger partial charge in [-0.15, -0.1) is 0 Å². The lowest BCUT2D eigenvalue weighted by Crippen LogP contribution is -2.33. The summed E-state index contributed by atoms with van der Waals surface area (Å²) in [6, 6.07) is 5.00. The molecule has 0 aliphatic carbocycles. The number of benzene rings is 1. The van der Waals surface area contributed by atoms with Crippen LogP contribution in [0.4, 0.5) is 0 Å². The molecule has 0 radical (unpaired) electrons. The molecule has 0 heterocycles. The second-order valence-electron chi connectivity index (χ2n) is 3.66. The van der Waals surface area contributed by atoms with E-state index in [1.807, 2.05) is 0 Å². The van der Waals surface area contributed by atoms with Crippen LogP contribution in [0.5, 0.6) is 5.75 Å². The number of nitrogens with one attached hydrogen (secondary N) is 1. The molecule has 1 rings (SSSR count). The number of rotatable bonds is 6. The fourth-order valence-electron chi connectivity index (χ4n) is 1.39. The van der Waals surface area contributed by atoms with Crippen molar-refractivity contribution in [3.05, 3.63) is 28.2 Å². The van der Waals surface area contributed by atoms with Crippen LogP contribution in [0.2, 0.25) is 0 Å². The number of hydrogen-bond donors (Lipinski definition) is 3. The number of carbonyl (C=O) groups is 1. The molecule has 1 aromatic rings. The van der Waals surface area contributed by atoms with E-state index in [-0.39, 0.29) is 17.4 Å². The van der Waals surface area contributed by atoms with Gasteiger partial charge in [0.15, 0.2) is 0 Å². The number of phenols is 1. The van der Waals surface area contributed by atoms with Crippen molar-refractivity contribution in [2.75, 3.05) is 19.4 Å². The quantitative estimate of drug-likeness (QED) is 0.417. The molecule has 7 heteroatoms. The third-order valence-electron chi connectivity index (χ3n) is 2.24. The highest BCUT2D eigenvalue weighted by atomic mass is 79.9. The van der Waals surface area contributed by atoms with Crippen LogP contribution in [0.3, 0.4) is 0 Å². The van der Waals surface area contributed by atoms with Crippen molar-refractivity contribution in [2.45, 2.75) is 6.42 Å². The minimum absolute atomic E-state index is 0.147. The van der Waals surface area contributed by atoms with Crippen molar-refractivity contribution in [3.8, 4) is 5.75 Å². The first-order chi connectivity index (χ1) is 9.08. The van der Waals surface area contributed by atoms with Crippen LogP contribution in [-0.2, 0) is 16.1 Å². The van der Waals surface area contributed by atoms with Gasteiger partial charge in [-0.2, -0.15) is 12.6 Å². The van der Waals surface area contributed by atoms with E-state index in [1.54, 1.807) is 18.2 Å². The van der Waals surface area contributed by atoms with Gasteiger partial charge in [0.1, 0.15) is 18.6 Å². The van der Waals surface area contributed by atoms with Crippen molar-refractivity contribution in [1.82, 2.24) is 5.32 Å². The number of amides is 1. The molecule has 5 nitrogen and oxygen atoms in total. The highest BCUT2D eigenvalue weighted by molar-refractivity contribution is 9.10. The third kappa shape index (κ3) is 5.12. The van der Waals surface area contributed by atoms with E-state index in [4.69, 9.17) is 0 Å². The summed E-state index contributed by atoms with van der Waals surface area (Å²) in [5.74, 6) is 0.408. The van der Waals surface area contributed by atoms with Gasteiger partial charge >= 0.3 is 0 Å². The number of halogens is 1. The monoisotopic (exact) mass is 346 g/mol. The second-order valence-corrected chi connectivity index (χ2v) is 4.96. The molecule has 0 aliphatic rings. The standard InChI is InChI=1S/C12H15BrN2O3S/c1-18-15-10(12(17)14-4-5-19)7-8-2-3-11(16)9(13)6-8/h2-3,6,16,19H,4-5,7H2,1H3,(H,14,17)/b15-10+. The zero-order valence-electron chi connectivity index (χ0n) is 10.4. The first-order valence-corrected chi connectivity index (χ1v) is 6.97. The predicted molar refractivity (Wildman–Crippen MR) is 80.8 cm³/mol. The predicted octanol–water partition coefficient (Wildman–Crippen LogP) is 1.75. The molecular formula is C12H15BrN2O3S. The van der Waals surface area contributed by atoms with E-state index < -0.39 is 0 Å². The van der Waals surface area contributed by atoms with Gasteiger partial charge in [-0.05, 0) is 33.6 Å². The summed E-state index contributed by atoms with van der Waals surface area (Å²) in [4.78, 5) is 16.5. The Labute approximate surface area is 125 Å². The van der Waals surface area contributed by atoms with E-state index in [9.17, 15) is 9.90 Å². The number of aromatic hydroxyl groups is 1. The second kappa shape index (κ2) is 8.06. The molecule has 0 aromatic heterocycles. The van der Waals surface area contributed by atoms with Crippen LogP contribution in [0.15, 0.2) is 27.8 Å². The van der Waals surface area contributed by atoms with Crippen LogP contribution in [0.25, 0.3) is 0 Å². The lowest BCUT2D eigenvalue weighted by molar-refractivity contribution is -0.114. The maximum Gasteiger partial charge on any atom is 0.269 e. The van der Waals surface area contributed by atoms with E-state index >= 15 is 0 Å². The molecule has 0 saturated heterocycles. The normalized spacial score (nSPS) is 11.2. The molecule has 104 valence electrons. The Balaban J connectivity index is 2.81. The summed E-state index contributed by atoms with van der Waals surface area (Å²) < 4.78 is 0.567. The molecule has 0 aliphatic heterocycles. The molecule has 0 bridgehead atoms. The molecule has 0 saturated carbocycles. The summed E-state index contributed by atoms with van der Waals surface area (Å²) in [5.41, 5.74) is 1.10. The lowest BCUT2D eigenvalue weighted by Gasteiger charge is -2.07. The van der Waals surface area contributed by atoms with Crippen LogP contribution >= 0.6 is 28.6 Å². The number of phenolic OH excluding ortho intramolecular Hbond substituents is 1. The first-order valence-electron chi connectivity index (χ1n) is 5.55. The Morgan fingerprint density at radius 2 is 2.32 bits per heavy atom. The minimum atomic E-state index is -0.292. The van der Waals surface area contributed by atoms with E-state index in [0.29, 0.717) is 23.2 Å². The van der Waals surface area contributed by atoms with Gasteiger partial charge < -0.3 is 15.3 Å². The van der Waals surface area contributed by atoms with E-state index in [1.165, 1.54) is 7.11 Å². The van der Waals surface area contributed by atoms with E-state index in [2.05, 4.69) is 43.9 Å². The fraction of sp³-hybridized carbons (Fsp3) is 0.333. The molecular weight excluding hydrogens is 332 g/mol. The van der Waals surface area contributed by atoms with Crippen molar-refractivity contribution >= 4 is 40.2 Å². The molecule has 0 unspecified atom stereocenters. The van der Waals surface area contributed by atoms with Gasteiger partial charge in [-0.25, -0.2) is 0 Å². The largest absolute Gasteiger partial charge is 0.507 e. The number of nitrogens with zero attached hydrogens (tertiary/aromatic N) is 1. The van der Waals surface area contributed by atoms with Crippen LogP contribution in [-0.4, -0.2) is 36.1 Å². The Morgan fingerprint density at radius 1 is 1.58 bits per heavy atom. The van der Waals surface area contributed by atoms with Crippen LogP contribution in [0, 0.1) is 0 Å². The summed E-state index contributed by atoms with van der Waals surface area (Å²) >= 11 is 7.24. The topological polar surface area (TPSA) is 70.9 Å². The van der Waals surface area contributed by atoms with E-state index in [0.717, 1.165) is 5.56 Å². The van der Waals surface area contributed by atoms with Gasteiger partial charge in [-0.3, -0.25) is 4.79 Å². The zero-order chi connectivity index (χ0) is 14.3. The summed E-state index contributed by atoms with van der Waals surface area (Å²) in [6.07, 6.45) is 0.311. The number of hydrogen-bond acceptors (Lipinski definition) is 5. The molecule has 2 N–H and O–H groups in total. The smallest absolute Gasteiger partial charge is 0.269 e. The van der Waals surface area contributed by atoms with Crippen molar-refractivity contribution in [2.24, 2.45) is 5.16 Å².